The maximum absolute atomic E-state index is 12.2. The van der Waals surface area contributed by atoms with Crippen molar-refractivity contribution in [3.8, 4) is 0 Å². The number of hydrogen-bond donors (Lipinski definition) is 1. The van der Waals surface area contributed by atoms with Crippen LogP contribution < -0.4 is 5.32 Å². The molecule has 0 aromatic heterocycles. The van der Waals surface area contributed by atoms with E-state index in [4.69, 9.17) is 0 Å². The molecule has 0 spiro atoms. The highest BCUT2D eigenvalue weighted by Gasteiger charge is 2.37. The fourth-order valence-corrected chi connectivity index (χ4v) is 3.23. The van der Waals surface area contributed by atoms with Gasteiger partial charge in [0.1, 0.15) is 5.92 Å². The van der Waals surface area contributed by atoms with Crippen molar-refractivity contribution in [3.05, 3.63) is 35.4 Å². The molecular formula is C20H28N2O3. The molecule has 1 fully saturated rings. The van der Waals surface area contributed by atoms with Crippen molar-refractivity contribution in [2.45, 2.75) is 53.5 Å². The summed E-state index contributed by atoms with van der Waals surface area (Å²) in [6, 6.07) is 7.46. The molecule has 1 aliphatic rings. The molecule has 1 aromatic rings. The van der Waals surface area contributed by atoms with Crippen LogP contribution in [0.5, 0.6) is 0 Å². The molecule has 2 atom stereocenters. The largest absolute Gasteiger partial charge is 0.331 e. The highest BCUT2D eigenvalue weighted by atomic mass is 16.2. The van der Waals surface area contributed by atoms with Crippen molar-refractivity contribution in [3.63, 3.8) is 0 Å². The van der Waals surface area contributed by atoms with Crippen molar-refractivity contribution in [1.82, 2.24) is 10.2 Å². The number of amides is 4. The molecular weight excluding hydrogens is 316 g/mol. The van der Waals surface area contributed by atoms with E-state index in [2.05, 4.69) is 45.1 Å². The minimum atomic E-state index is -0.826. The molecule has 2 rings (SSSR count). The van der Waals surface area contributed by atoms with Crippen molar-refractivity contribution < 1.29 is 14.4 Å². The molecule has 1 saturated heterocycles. The van der Waals surface area contributed by atoms with Crippen LogP contribution in [-0.4, -0.2) is 22.7 Å². The molecule has 5 nitrogen and oxygen atoms in total. The second-order valence-electron chi connectivity index (χ2n) is 7.66. The van der Waals surface area contributed by atoms with E-state index in [-0.39, 0.29) is 6.54 Å². The fraction of sp³-hybridized carbons (Fsp3) is 0.550. The normalized spacial score (nSPS) is 19.6. The van der Waals surface area contributed by atoms with Gasteiger partial charge in [-0.25, -0.2) is 4.79 Å². The van der Waals surface area contributed by atoms with Gasteiger partial charge in [0.15, 0.2) is 0 Å². The topological polar surface area (TPSA) is 66.5 Å². The summed E-state index contributed by atoms with van der Waals surface area (Å²) in [5.41, 5.74) is 2.16. The zero-order chi connectivity index (χ0) is 18.7. The number of nitrogens with zero attached hydrogens (tertiary/aromatic N) is 1. The smallest absolute Gasteiger partial charge is 0.277 e. The number of imide groups is 2. The molecule has 1 heterocycles. The summed E-state index contributed by atoms with van der Waals surface area (Å²) in [5, 5.41) is 2.22. The summed E-state index contributed by atoms with van der Waals surface area (Å²) in [6.07, 6.45) is 1.13. The first kappa shape index (κ1) is 19.2. The SMILES string of the molecule is CC(C)CC(c1ccc(CN2C(=O)NC(=O)C(C)C2=O)cc1)C(C)C. The van der Waals surface area contributed by atoms with E-state index in [1.54, 1.807) is 0 Å². The van der Waals surface area contributed by atoms with Gasteiger partial charge >= 0.3 is 6.03 Å². The number of rotatable bonds is 6. The lowest BCUT2D eigenvalue weighted by Gasteiger charge is -2.28. The van der Waals surface area contributed by atoms with Gasteiger partial charge in [0.25, 0.3) is 0 Å². The van der Waals surface area contributed by atoms with Crippen LogP contribution in [0.3, 0.4) is 0 Å². The number of barbiturate groups is 1. The summed E-state index contributed by atoms with van der Waals surface area (Å²) in [6.45, 7) is 10.6. The Hall–Kier alpha value is -2.17. The lowest BCUT2D eigenvalue weighted by Crippen LogP contribution is -2.56. The predicted molar refractivity (Wildman–Crippen MR) is 96.7 cm³/mol. The zero-order valence-corrected chi connectivity index (χ0v) is 15.7. The lowest BCUT2D eigenvalue weighted by molar-refractivity contribution is -0.142. The summed E-state index contributed by atoms with van der Waals surface area (Å²) in [7, 11) is 0. The highest BCUT2D eigenvalue weighted by Crippen LogP contribution is 2.31. The molecule has 0 bridgehead atoms. The Morgan fingerprint density at radius 2 is 1.64 bits per heavy atom. The molecule has 1 aliphatic heterocycles. The van der Waals surface area contributed by atoms with E-state index in [1.807, 2.05) is 12.1 Å². The summed E-state index contributed by atoms with van der Waals surface area (Å²) >= 11 is 0. The number of urea groups is 1. The third-order valence-corrected chi connectivity index (χ3v) is 4.78. The van der Waals surface area contributed by atoms with Crippen LogP contribution >= 0.6 is 0 Å². The van der Waals surface area contributed by atoms with Gasteiger partial charge < -0.3 is 0 Å². The van der Waals surface area contributed by atoms with Gasteiger partial charge in [-0.15, -0.1) is 0 Å². The monoisotopic (exact) mass is 344 g/mol. The molecule has 0 aliphatic carbocycles. The second kappa shape index (κ2) is 7.81. The predicted octanol–water partition coefficient (Wildman–Crippen LogP) is 3.69. The summed E-state index contributed by atoms with van der Waals surface area (Å²) < 4.78 is 0. The first-order valence-corrected chi connectivity index (χ1v) is 8.95. The molecule has 5 heteroatoms. The molecule has 136 valence electrons. The fourth-order valence-electron chi connectivity index (χ4n) is 3.23. The zero-order valence-electron chi connectivity index (χ0n) is 15.7. The summed E-state index contributed by atoms with van der Waals surface area (Å²) in [4.78, 5) is 36.7. The maximum Gasteiger partial charge on any atom is 0.331 e. The van der Waals surface area contributed by atoms with E-state index in [1.165, 1.54) is 12.5 Å². The van der Waals surface area contributed by atoms with Crippen LogP contribution in [0.25, 0.3) is 0 Å². The van der Waals surface area contributed by atoms with Gasteiger partial charge in [-0.1, -0.05) is 52.0 Å². The van der Waals surface area contributed by atoms with Gasteiger partial charge in [-0.2, -0.15) is 0 Å². The van der Waals surface area contributed by atoms with E-state index >= 15 is 0 Å². The van der Waals surface area contributed by atoms with Gasteiger partial charge in [0, 0.05) is 0 Å². The van der Waals surface area contributed by atoms with Gasteiger partial charge in [-0.05, 0) is 42.2 Å². The van der Waals surface area contributed by atoms with E-state index in [9.17, 15) is 14.4 Å². The van der Waals surface area contributed by atoms with E-state index < -0.39 is 23.8 Å². The molecule has 25 heavy (non-hydrogen) atoms. The van der Waals surface area contributed by atoms with Crippen LogP contribution in [0.1, 0.15) is 58.1 Å². The first-order valence-electron chi connectivity index (χ1n) is 8.95. The lowest BCUT2D eigenvalue weighted by atomic mass is 9.82. The van der Waals surface area contributed by atoms with Crippen molar-refractivity contribution in [2.24, 2.45) is 17.8 Å². The van der Waals surface area contributed by atoms with Crippen LogP contribution in [0, 0.1) is 17.8 Å². The molecule has 0 saturated carbocycles. The highest BCUT2D eigenvalue weighted by molar-refractivity contribution is 6.15. The molecule has 0 radical (unpaired) electrons. The Bertz CT molecular complexity index is 649. The molecule has 2 unspecified atom stereocenters. The minimum Gasteiger partial charge on any atom is -0.277 e. The van der Waals surface area contributed by atoms with Crippen LogP contribution in [0.2, 0.25) is 0 Å². The van der Waals surface area contributed by atoms with Gasteiger partial charge in [0.2, 0.25) is 11.8 Å². The Morgan fingerprint density at radius 1 is 1.04 bits per heavy atom. The number of carbonyl (C=O) groups excluding carboxylic acids is 3. The third-order valence-electron chi connectivity index (χ3n) is 4.78. The van der Waals surface area contributed by atoms with Gasteiger partial charge in [-0.3, -0.25) is 19.8 Å². The minimum absolute atomic E-state index is 0.180. The van der Waals surface area contributed by atoms with E-state index in [0.717, 1.165) is 16.9 Å². The summed E-state index contributed by atoms with van der Waals surface area (Å²) in [5.74, 6) is -0.136. The van der Waals surface area contributed by atoms with Crippen molar-refractivity contribution in [2.75, 3.05) is 0 Å². The first-order chi connectivity index (χ1) is 11.7. The number of benzene rings is 1. The maximum atomic E-state index is 12.2. The van der Waals surface area contributed by atoms with Crippen molar-refractivity contribution >= 4 is 17.8 Å². The van der Waals surface area contributed by atoms with Crippen molar-refractivity contribution in [1.29, 1.82) is 0 Å². The molecule has 1 aromatic carbocycles. The third kappa shape index (κ3) is 4.47. The number of carbonyl (C=O) groups is 3. The second-order valence-corrected chi connectivity index (χ2v) is 7.66. The standard InChI is InChI=1S/C20H28N2O3/c1-12(2)10-17(13(3)4)16-8-6-15(7-9-16)11-22-19(24)14(5)18(23)21-20(22)25/h6-9,12-14,17H,10-11H2,1-5H3,(H,21,23,25). The average Bonchev–Trinajstić information content (AvgIpc) is 2.55. The Morgan fingerprint density at radius 3 is 2.16 bits per heavy atom. The Balaban J connectivity index is 2.13. The quantitative estimate of drug-likeness (QED) is 0.800. The Labute approximate surface area is 149 Å². The van der Waals surface area contributed by atoms with Crippen LogP contribution in [-0.2, 0) is 16.1 Å². The van der Waals surface area contributed by atoms with Gasteiger partial charge in [0.05, 0.1) is 6.54 Å². The Kier molecular flexibility index (Phi) is 5.98. The average molecular weight is 344 g/mol. The number of nitrogens with one attached hydrogen (secondary N) is 1. The molecule has 4 amide bonds. The van der Waals surface area contributed by atoms with E-state index in [0.29, 0.717) is 17.8 Å². The van der Waals surface area contributed by atoms with Crippen LogP contribution in [0.4, 0.5) is 4.79 Å². The number of hydrogen-bond acceptors (Lipinski definition) is 3. The molecule has 1 N–H and O–H groups in total. The van der Waals surface area contributed by atoms with Crippen LogP contribution in [0.15, 0.2) is 24.3 Å².